The second-order valence-electron chi connectivity index (χ2n) is 9.68. The van der Waals surface area contributed by atoms with Crippen LogP contribution in [-0.2, 0) is 6.54 Å². The van der Waals surface area contributed by atoms with Crippen LogP contribution in [0.25, 0.3) is 22.4 Å². The highest BCUT2D eigenvalue weighted by Gasteiger charge is 2.29. The number of rotatable bonds is 6. The first-order valence-corrected chi connectivity index (χ1v) is 12.7. The molecule has 0 bridgehead atoms. The third-order valence-electron chi connectivity index (χ3n) is 7.02. The Kier molecular flexibility index (Phi) is 5.97. The Morgan fingerprint density at radius 1 is 0.972 bits per heavy atom. The van der Waals surface area contributed by atoms with Crippen molar-refractivity contribution in [3.05, 3.63) is 83.0 Å². The number of carbonyl (C=O) groups excluding carboxylic acids is 2. The number of hydrogen-bond acceptors (Lipinski definition) is 5. The van der Waals surface area contributed by atoms with Crippen molar-refractivity contribution < 1.29 is 14.1 Å². The lowest BCUT2D eigenvalue weighted by molar-refractivity contribution is 0.0724. The van der Waals surface area contributed by atoms with E-state index in [1.807, 2.05) is 65.6 Å². The Balaban J connectivity index is 1.27. The topological polar surface area (TPSA) is 88.3 Å². The van der Waals surface area contributed by atoms with Crippen LogP contribution in [0.3, 0.4) is 0 Å². The minimum Gasteiger partial charge on any atom is -0.348 e. The highest BCUT2D eigenvalue weighted by molar-refractivity contribution is 6.09. The van der Waals surface area contributed by atoms with Gasteiger partial charge in [-0.15, -0.1) is 0 Å². The van der Waals surface area contributed by atoms with Gasteiger partial charge in [0.2, 0.25) is 0 Å². The molecule has 1 saturated carbocycles. The summed E-state index contributed by atoms with van der Waals surface area (Å²) in [6.45, 7) is 1.93. The van der Waals surface area contributed by atoms with E-state index in [4.69, 9.17) is 4.52 Å². The lowest BCUT2D eigenvalue weighted by Gasteiger charge is -2.26. The van der Waals surface area contributed by atoms with Gasteiger partial charge < -0.3 is 14.7 Å². The molecule has 36 heavy (non-hydrogen) atoms. The van der Waals surface area contributed by atoms with Crippen LogP contribution in [0, 0.1) is 0 Å². The zero-order valence-electron chi connectivity index (χ0n) is 20.1. The first-order chi connectivity index (χ1) is 17.7. The summed E-state index contributed by atoms with van der Waals surface area (Å²) in [5.74, 6) is 0.214. The number of nitrogens with one attached hydrogen (secondary N) is 1. The summed E-state index contributed by atoms with van der Waals surface area (Å²) < 4.78 is 5.59. The van der Waals surface area contributed by atoms with Gasteiger partial charge in [0.1, 0.15) is 5.69 Å². The monoisotopic (exact) mass is 480 g/mol. The summed E-state index contributed by atoms with van der Waals surface area (Å²) in [5.41, 5.74) is 4.80. The molecule has 2 aromatic heterocycles. The van der Waals surface area contributed by atoms with Crippen LogP contribution >= 0.6 is 0 Å². The van der Waals surface area contributed by atoms with Crippen molar-refractivity contribution in [2.45, 2.75) is 44.6 Å². The number of pyridine rings is 1. The molecule has 3 heterocycles. The van der Waals surface area contributed by atoms with Crippen LogP contribution in [-0.4, -0.2) is 39.9 Å². The summed E-state index contributed by atoms with van der Waals surface area (Å²) in [5, 5.41) is 7.93. The second kappa shape index (κ2) is 9.57. The Morgan fingerprint density at radius 2 is 1.78 bits per heavy atom. The predicted molar refractivity (Wildman–Crippen MR) is 137 cm³/mol. The van der Waals surface area contributed by atoms with Gasteiger partial charge in [0.15, 0.2) is 0 Å². The molecule has 1 saturated heterocycles. The molecule has 0 atom stereocenters. The van der Waals surface area contributed by atoms with Crippen LogP contribution < -0.4 is 5.32 Å². The molecule has 2 aromatic carbocycles. The Morgan fingerprint density at radius 3 is 2.56 bits per heavy atom. The number of benzene rings is 2. The summed E-state index contributed by atoms with van der Waals surface area (Å²) in [4.78, 5) is 33.0. The van der Waals surface area contributed by atoms with E-state index in [0.717, 1.165) is 55.6 Å². The zero-order valence-corrected chi connectivity index (χ0v) is 20.1. The number of likely N-dealkylation sites (tertiary alicyclic amines) is 1. The van der Waals surface area contributed by atoms with Crippen molar-refractivity contribution in [3.8, 4) is 11.3 Å². The molecule has 7 heteroatoms. The van der Waals surface area contributed by atoms with Gasteiger partial charge >= 0.3 is 0 Å². The standard InChI is InChI=1S/C29H28N4O3/c34-27(30-18-19-8-7-11-22(16-19)29(35)33-14-5-2-6-15-33)23-17-24(20-12-13-20)31-28-25(23)26(32-36-28)21-9-3-1-4-10-21/h1,3-4,7-11,16-17,20H,2,5-6,12-15,18H2,(H,30,34). The quantitative estimate of drug-likeness (QED) is 0.403. The molecule has 0 radical (unpaired) electrons. The van der Waals surface area contributed by atoms with Crippen LogP contribution in [0.5, 0.6) is 0 Å². The fourth-order valence-corrected chi connectivity index (χ4v) is 4.90. The maximum absolute atomic E-state index is 13.5. The van der Waals surface area contributed by atoms with E-state index in [9.17, 15) is 9.59 Å². The van der Waals surface area contributed by atoms with Crippen LogP contribution in [0.1, 0.15) is 70.0 Å². The van der Waals surface area contributed by atoms with Gasteiger partial charge in [0.05, 0.1) is 10.9 Å². The van der Waals surface area contributed by atoms with E-state index >= 15 is 0 Å². The van der Waals surface area contributed by atoms with Crippen molar-refractivity contribution in [2.75, 3.05) is 13.1 Å². The molecule has 7 nitrogen and oxygen atoms in total. The van der Waals surface area contributed by atoms with Gasteiger partial charge in [0.25, 0.3) is 17.5 Å². The normalized spacial score (nSPS) is 15.7. The highest BCUT2D eigenvalue weighted by Crippen LogP contribution is 2.41. The second-order valence-corrected chi connectivity index (χ2v) is 9.68. The lowest BCUT2D eigenvalue weighted by Crippen LogP contribution is -2.35. The van der Waals surface area contributed by atoms with Crippen molar-refractivity contribution in [2.24, 2.45) is 0 Å². The third kappa shape index (κ3) is 4.49. The number of piperidine rings is 1. The van der Waals surface area contributed by atoms with Gasteiger partial charge in [-0.3, -0.25) is 9.59 Å². The van der Waals surface area contributed by atoms with E-state index in [-0.39, 0.29) is 11.8 Å². The fourth-order valence-electron chi connectivity index (χ4n) is 4.90. The Bertz CT molecular complexity index is 1420. The smallest absolute Gasteiger partial charge is 0.259 e. The number of fused-ring (bicyclic) bond motifs is 1. The largest absolute Gasteiger partial charge is 0.348 e. The summed E-state index contributed by atoms with van der Waals surface area (Å²) in [6.07, 6.45) is 5.42. The minimum absolute atomic E-state index is 0.0600. The number of amides is 2. The molecule has 2 fully saturated rings. The molecular formula is C29H28N4O3. The van der Waals surface area contributed by atoms with Gasteiger partial charge in [-0.25, -0.2) is 4.98 Å². The molecule has 2 aliphatic rings. The van der Waals surface area contributed by atoms with Crippen molar-refractivity contribution in [1.29, 1.82) is 0 Å². The highest BCUT2D eigenvalue weighted by atomic mass is 16.5. The molecular weight excluding hydrogens is 452 g/mol. The van der Waals surface area contributed by atoms with Crippen molar-refractivity contribution in [1.82, 2.24) is 20.4 Å². The van der Waals surface area contributed by atoms with E-state index in [1.165, 1.54) is 6.42 Å². The van der Waals surface area contributed by atoms with Gasteiger partial charge in [-0.1, -0.05) is 47.6 Å². The predicted octanol–water partition coefficient (Wildman–Crippen LogP) is 5.32. The maximum Gasteiger partial charge on any atom is 0.259 e. The molecule has 1 N–H and O–H groups in total. The summed E-state index contributed by atoms with van der Waals surface area (Å²) >= 11 is 0. The van der Waals surface area contributed by atoms with E-state index in [1.54, 1.807) is 0 Å². The van der Waals surface area contributed by atoms with Gasteiger partial charge in [-0.05, 0) is 55.9 Å². The summed E-state index contributed by atoms with van der Waals surface area (Å²) in [6, 6.07) is 19.1. The molecule has 6 rings (SSSR count). The van der Waals surface area contributed by atoms with Crippen molar-refractivity contribution >= 4 is 22.9 Å². The fraction of sp³-hybridized carbons (Fsp3) is 0.310. The number of nitrogens with zero attached hydrogens (tertiary/aromatic N) is 3. The molecule has 0 spiro atoms. The molecule has 1 aliphatic heterocycles. The molecule has 1 aliphatic carbocycles. The molecule has 2 amide bonds. The first kappa shape index (κ1) is 22.5. The Labute approximate surface area is 209 Å². The van der Waals surface area contributed by atoms with E-state index in [2.05, 4.69) is 15.5 Å². The molecule has 182 valence electrons. The maximum atomic E-state index is 13.5. The van der Waals surface area contributed by atoms with E-state index < -0.39 is 0 Å². The average Bonchev–Trinajstić information content (AvgIpc) is 3.71. The lowest BCUT2D eigenvalue weighted by atomic mass is 10.0. The van der Waals surface area contributed by atoms with Gasteiger partial charge in [0, 0.05) is 42.4 Å². The number of aromatic nitrogens is 2. The van der Waals surface area contributed by atoms with Crippen LogP contribution in [0.2, 0.25) is 0 Å². The van der Waals surface area contributed by atoms with Crippen molar-refractivity contribution in [3.63, 3.8) is 0 Å². The number of carbonyl (C=O) groups is 2. The number of hydrogen-bond donors (Lipinski definition) is 1. The minimum atomic E-state index is -0.211. The molecule has 0 unspecified atom stereocenters. The Hall–Kier alpha value is -4.00. The van der Waals surface area contributed by atoms with Crippen LogP contribution in [0.15, 0.2) is 65.2 Å². The van der Waals surface area contributed by atoms with E-state index in [0.29, 0.717) is 40.4 Å². The van der Waals surface area contributed by atoms with Gasteiger partial charge in [-0.2, -0.15) is 0 Å². The van der Waals surface area contributed by atoms with Crippen LogP contribution in [0.4, 0.5) is 0 Å². The average molecular weight is 481 g/mol. The third-order valence-corrected chi connectivity index (χ3v) is 7.02. The first-order valence-electron chi connectivity index (χ1n) is 12.7. The summed E-state index contributed by atoms with van der Waals surface area (Å²) in [7, 11) is 0. The zero-order chi connectivity index (χ0) is 24.5. The molecule has 4 aromatic rings. The SMILES string of the molecule is O=C(NCc1cccc(C(=O)N2CCCCC2)c1)c1cc(C2CC2)nc2onc(-c3ccccc3)c12.